The Morgan fingerprint density at radius 2 is 0.851 bits per heavy atom. The zero-order valence-corrected chi connectivity index (χ0v) is 43.8. The second-order valence-electron chi connectivity index (χ2n) is 18.8. The van der Waals surface area contributed by atoms with E-state index in [9.17, 15) is 19.8 Å². The van der Waals surface area contributed by atoms with E-state index in [0.717, 1.165) is 109 Å². The van der Waals surface area contributed by atoms with Crippen LogP contribution in [0.4, 0.5) is 0 Å². The molecule has 6 heteroatoms. The predicted octanol–water partition coefficient (Wildman–Crippen LogP) is 17.3. The molecule has 3 N–H and O–H groups in total. The van der Waals surface area contributed by atoms with Gasteiger partial charge in [-0.1, -0.05) is 253 Å². The number of ether oxygens (including phenoxy) is 1. The van der Waals surface area contributed by atoms with E-state index in [1.54, 1.807) is 0 Å². The first-order valence-electron chi connectivity index (χ1n) is 28.0. The topological polar surface area (TPSA) is 95.9 Å². The highest BCUT2D eigenvalue weighted by Crippen LogP contribution is 2.17. The number of rotatable bonds is 49. The van der Waals surface area contributed by atoms with Gasteiger partial charge in [0.15, 0.2) is 0 Å². The maximum absolute atomic E-state index is 13.3. The molecule has 0 aliphatic carbocycles. The summed E-state index contributed by atoms with van der Waals surface area (Å²) in [5, 5.41) is 23.8. The molecule has 0 saturated heterocycles. The van der Waals surface area contributed by atoms with E-state index < -0.39 is 18.2 Å². The predicted molar refractivity (Wildman–Crippen MR) is 291 cm³/mol. The summed E-state index contributed by atoms with van der Waals surface area (Å²) >= 11 is 0. The monoisotopic (exact) mass is 932 g/mol. The largest absolute Gasteiger partial charge is 0.462 e. The quantitative estimate of drug-likeness (QED) is 0.0244. The van der Waals surface area contributed by atoms with Gasteiger partial charge in [-0.2, -0.15) is 0 Å². The molecule has 0 bridgehead atoms. The lowest BCUT2D eigenvalue weighted by atomic mass is 10.0. The zero-order valence-electron chi connectivity index (χ0n) is 43.8. The summed E-state index contributed by atoms with van der Waals surface area (Å²) in [6.45, 7) is 6.36. The average Bonchev–Trinajstić information content (AvgIpc) is 3.32. The number of unbranched alkanes of at least 4 members (excludes halogenated alkanes) is 25. The fourth-order valence-corrected chi connectivity index (χ4v) is 8.00. The van der Waals surface area contributed by atoms with Crippen LogP contribution in [-0.2, 0) is 14.3 Å². The second kappa shape index (κ2) is 53.7. The number of esters is 1. The maximum Gasteiger partial charge on any atom is 0.306 e. The van der Waals surface area contributed by atoms with Crippen molar-refractivity contribution in [3.8, 4) is 0 Å². The van der Waals surface area contributed by atoms with E-state index in [2.05, 4.69) is 99.0 Å². The molecule has 0 rings (SSSR count). The number of amides is 1. The molecule has 0 heterocycles. The first-order valence-corrected chi connectivity index (χ1v) is 28.0. The maximum atomic E-state index is 13.3. The van der Waals surface area contributed by atoms with Crippen LogP contribution in [0.5, 0.6) is 0 Å². The summed E-state index contributed by atoms with van der Waals surface area (Å²) in [5.41, 5.74) is 0. The van der Waals surface area contributed by atoms with Gasteiger partial charge < -0.3 is 20.3 Å². The van der Waals surface area contributed by atoms with Gasteiger partial charge in [0.2, 0.25) is 5.91 Å². The number of allylic oxidation sites excluding steroid dienone is 16. The highest BCUT2D eigenvalue weighted by molar-refractivity contribution is 5.77. The van der Waals surface area contributed by atoms with Crippen molar-refractivity contribution in [2.45, 2.75) is 270 Å². The van der Waals surface area contributed by atoms with Gasteiger partial charge in [0.25, 0.3) is 0 Å². The van der Waals surface area contributed by atoms with Crippen molar-refractivity contribution in [1.82, 2.24) is 5.32 Å². The molecule has 0 aromatic heterocycles. The Morgan fingerprint density at radius 1 is 0.448 bits per heavy atom. The van der Waals surface area contributed by atoms with Crippen LogP contribution in [0.2, 0.25) is 0 Å². The van der Waals surface area contributed by atoms with Gasteiger partial charge in [-0.25, -0.2) is 0 Å². The molecule has 67 heavy (non-hydrogen) atoms. The SMILES string of the molecule is CCC/C=C/C=C/C=C/C=C/C=C/CCCCCCCC(=O)OC(CCCCCC/C=C\C/C=C\C/C=C\CCCCC)CC(=O)NC(CO)C(O)CCCCCCCCCCCCCCC. The third kappa shape index (κ3) is 49.0. The van der Waals surface area contributed by atoms with Gasteiger partial charge in [-0.15, -0.1) is 0 Å². The lowest BCUT2D eigenvalue weighted by Gasteiger charge is -2.24. The molecule has 0 aromatic rings. The Balaban J connectivity index is 4.70. The number of hydrogen-bond donors (Lipinski definition) is 3. The van der Waals surface area contributed by atoms with E-state index in [1.165, 1.54) is 96.3 Å². The molecule has 0 spiro atoms. The van der Waals surface area contributed by atoms with Crippen molar-refractivity contribution in [3.63, 3.8) is 0 Å². The van der Waals surface area contributed by atoms with E-state index in [0.29, 0.717) is 19.3 Å². The zero-order chi connectivity index (χ0) is 48.8. The third-order valence-electron chi connectivity index (χ3n) is 12.2. The average molecular weight is 933 g/mol. The van der Waals surface area contributed by atoms with Crippen LogP contribution in [0.1, 0.15) is 252 Å². The number of aliphatic hydroxyl groups excluding tert-OH is 2. The smallest absolute Gasteiger partial charge is 0.306 e. The summed E-state index contributed by atoms with van der Waals surface area (Å²) in [6, 6.07) is -0.721. The van der Waals surface area contributed by atoms with E-state index in [1.807, 2.05) is 24.3 Å². The molecule has 0 aliphatic heterocycles. The lowest BCUT2D eigenvalue weighted by molar-refractivity contribution is -0.151. The first-order chi connectivity index (χ1) is 33.0. The van der Waals surface area contributed by atoms with Crippen LogP contribution >= 0.6 is 0 Å². The molecule has 6 nitrogen and oxygen atoms in total. The summed E-state index contributed by atoms with van der Waals surface area (Å²) in [6.07, 6.45) is 71.7. The fraction of sp³-hybridized carbons (Fsp3) is 0.705. The van der Waals surface area contributed by atoms with Crippen LogP contribution in [0.3, 0.4) is 0 Å². The number of carbonyl (C=O) groups is 2. The van der Waals surface area contributed by atoms with Crippen molar-refractivity contribution in [2.75, 3.05) is 6.61 Å². The van der Waals surface area contributed by atoms with Crippen LogP contribution in [0.15, 0.2) is 97.2 Å². The van der Waals surface area contributed by atoms with E-state index in [-0.39, 0.29) is 24.9 Å². The molecule has 3 atom stereocenters. The number of hydrogen-bond acceptors (Lipinski definition) is 5. The minimum absolute atomic E-state index is 0.0470. The van der Waals surface area contributed by atoms with Crippen molar-refractivity contribution in [3.05, 3.63) is 97.2 Å². The minimum atomic E-state index is -0.805. The Labute approximate surface area is 414 Å². The third-order valence-corrected chi connectivity index (χ3v) is 12.2. The Bertz CT molecular complexity index is 1320. The Morgan fingerprint density at radius 3 is 1.37 bits per heavy atom. The number of carbonyl (C=O) groups excluding carboxylic acids is 2. The molecule has 0 fully saturated rings. The summed E-state index contributed by atoms with van der Waals surface area (Å²) < 4.78 is 5.94. The first kappa shape index (κ1) is 63.8. The summed E-state index contributed by atoms with van der Waals surface area (Å²) in [4.78, 5) is 26.3. The second-order valence-corrected chi connectivity index (χ2v) is 18.8. The molecule has 1 amide bonds. The van der Waals surface area contributed by atoms with Crippen LogP contribution < -0.4 is 5.32 Å². The van der Waals surface area contributed by atoms with Gasteiger partial charge in [0, 0.05) is 6.42 Å². The van der Waals surface area contributed by atoms with Crippen molar-refractivity contribution in [1.29, 1.82) is 0 Å². The lowest BCUT2D eigenvalue weighted by Crippen LogP contribution is -2.46. The minimum Gasteiger partial charge on any atom is -0.462 e. The molecule has 3 unspecified atom stereocenters. The highest BCUT2D eigenvalue weighted by Gasteiger charge is 2.24. The Kier molecular flexibility index (Phi) is 51.1. The number of aliphatic hydroxyl groups is 2. The van der Waals surface area contributed by atoms with Gasteiger partial charge in [0.05, 0.1) is 25.2 Å². The van der Waals surface area contributed by atoms with Crippen molar-refractivity contribution < 1.29 is 24.5 Å². The molecule has 0 aliphatic rings. The summed E-state index contributed by atoms with van der Waals surface area (Å²) in [7, 11) is 0. The molecule has 0 saturated carbocycles. The van der Waals surface area contributed by atoms with Crippen LogP contribution in [0.25, 0.3) is 0 Å². The normalized spacial score (nSPS) is 13.9. The van der Waals surface area contributed by atoms with Crippen molar-refractivity contribution >= 4 is 11.9 Å². The van der Waals surface area contributed by atoms with Crippen LogP contribution in [0, 0.1) is 0 Å². The Hall–Kier alpha value is -3.22. The number of nitrogens with one attached hydrogen (secondary N) is 1. The standard InChI is InChI=1S/C61H105NO5/c1-4-7-10-13-16-19-22-25-27-29-31-33-36-39-42-45-48-51-54-61(66)67-57(52-49-46-43-40-37-35-32-30-28-26-23-20-17-14-11-8-5-2)55-60(65)62-58(56-63)59(64)53-50-47-44-41-38-34-24-21-18-15-12-9-6-3/h10,13,16-17,19-20,22,25-29,31-33,35,57-59,63-64H,4-9,11-12,14-15,18,21,23-24,30,34,36-56H2,1-3H3,(H,62,65)/b13-10+,19-16+,20-17-,25-22+,28-26-,29-27+,33-31+,35-32-. The molecule has 0 aromatic carbocycles. The van der Waals surface area contributed by atoms with Gasteiger partial charge in [0.1, 0.15) is 6.10 Å². The summed E-state index contributed by atoms with van der Waals surface area (Å²) in [5.74, 6) is -0.527. The molecule has 384 valence electrons. The van der Waals surface area contributed by atoms with E-state index in [4.69, 9.17) is 4.74 Å². The fourth-order valence-electron chi connectivity index (χ4n) is 8.00. The highest BCUT2D eigenvalue weighted by atomic mass is 16.5. The van der Waals surface area contributed by atoms with Crippen LogP contribution in [-0.4, -0.2) is 46.9 Å². The van der Waals surface area contributed by atoms with Gasteiger partial charge >= 0.3 is 5.97 Å². The van der Waals surface area contributed by atoms with E-state index >= 15 is 0 Å². The molecule has 0 radical (unpaired) electrons. The van der Waals surface area contributed by atoms with Gasteiger partial charge in [-0.3, -0.25) is 9.59 Å². The molecular weight excluding hydrogens is 827 g/mol. The van der Waals surface area contributed by atoms with Crippen molar-refractivity contribution in [2.24, 2.45) is 0 Å². The molecular formula is C61H105NO5. The van der Waals surface area contributed by atoms with Gasteiger partial charge in [-0.05, 0) is 83.5 Å².